The number of hydrogen-bond acceptors (Lipinski definition) is 3. The van der Waals surface area contributed by atoms with Crippen molar-refractivity contribution < 1.29 is 4.74 Å². The van der Waals surface area contributed by atoms with Crippen LogP contribution >= 0.6 is 35.3 Å². The van der Waals surface area contributed by atoms with Crippen molar-refractivity contribution in [2.24, 2.45) is 4.99 Å². The molecule has 0 fully saturated rings. The molecule has 1 heterocycles. The van der Waals surface area contributed by atoms with Crippen molar-refractivity contribution in [3.8, 4) is 0 Å². The first-order chi connectivity index (χ1) is 12.8. The molecule has 0 amide bonds. The van der Waals surface area contributed by atoms with Crippen molar-refractivity contribution in [3.63, 3.8) is 0 Å². The van der Waals surface area contributed by atoms with Gasteiger partial charge in [-0.05, 0) is 53.1 Å². The van der Waals surface area contributed by atoms with Gasteiger partial charge in [0.2, 0.25) is 0 Å². The van der Waals surface area contributed by atoms with E-state index in [1.807, 2.05) is 13.1 Å². The van der Waals surface area contributed by atoms with Crippen LogP contribution in [0.25, 0.3) is 0 Å². The van der Waals surface area contributed by atoms with Crippen LogP contribution in [0.3, 0.4) is 0 Å². The Balaban J connectivity index is 0.00000364. The minimum atomic E-state index is 0. The van der Waals surface area contributed by atoms with Crippen LogP contribution in [0.1, 0.15) is 36.8 Å². The fourth-order valence-corrected chi connectivity index (χ4v) is 3.40. The highest BCUT2D eigenvalue weighted by molar-refractivity contribution is 14.0. The average molecular weight is 501 g/mol. The molecule has 0 spiro atoms. The van der Waals surface area contributed by atoms with E-state index in [9.17, 15) is 0 Å². The lowest BCUT2D eigenvalue weighted by Gasteiger charge is -2.15. The molecule has 2 rings (SSSR count). The van der Waals surface area contributed by atoms with Gasteiger partial charge in [0.15, 0.2) is 5.96 Å². The molecule has 0 radical (unpaired) electrons. The number of nitrogens with one attached hydrogen (secondary N) is 2. The molecular formula is C21H32IN3OS. The van der Waals surface area contributed by atoms with Crippen LogP contribution in [0, 0.1) is 0 Å². The van der Waals surface area contributed by atoms with Crippen molar-refractivity contribution in [3.05, 3.63) is 58.3 Å². The van der Waals surface area contributed by atoms with Crippen molar-refractivity contribution in [1.82, 2.24) is 10.6 Å². The van der Waals surface area contributed by atoms with Crippen molar-refractivity contribution in [2.75, 3.05) is 33.4 Å². The van der Waals surface area contributed by atoms with E-state index in [4.69, 9.17) is 4.74 Å². The smallest absolute Gasteiger partial charge is 0.190 e. The molecule has 2 N–H and O–H groups in total. The third kappa shape index (κ3) is 10.1. The summed E-state index contributed by atoms with van der Waals surface area (Å²) in [7, 11) is 1.82. The van der Waals surface area contributed by atoms with Crippen LogP contribution in [0.15, 0.2) is 52.2 Å². The number of unbranched alkanes of at least 4 members (excludes halogenated alkanes) is 1. The second-order valence-corrected chi connectivity index (χ2v) is 7.17. The maximum Gasteiger partial charge on any atom is 0.190 e. The molecule has 1 aromatic carbocycles. The number of halogens is 1. The monoisotopic (exact) mass is 501 g/mol. The van der Waals surface area contributed by atoms with Gasteiger partial charge >= 0.3 is 0 Å². The standard InChI is InChI=1S/C21H31N3OS.HI/c1-18(20-11-15-26-17-20)16-24-21(22-2)23-12-6-7-13-25-14-10-19-8-4-3-5-9-19;/h3-5,8-9,11,15,17-18H,6-7,10,12-14,16H2,1-2H3,(H2,22,23,24);1H. The maximum absolute atomic E-state index is 5.72. The van der Waals surface area contributed by atoms with Gasteiger partial charge in [-0.3, -0.25) is 4.99 Å². The van der Waals surface area contributed by atoms with E-state index < -0.39 is 0 Å². The van der Waals surface area contributed by atoms with Crippen LogP contribution in [0.4, 0.5) is 0 Å². The average Bonchev–Trinajstić information content (AvgIpc) is 3.21. The predicted octanol–water partition coefficient (Wildman–Crippen LogP) is 4.67. The van der Waals surface area contributed by atoms with Gasteiger partial charge in [0.05, 0.1) is 6.61 Å². The summed E-state index contributed by atoms with van der Waals surface area (Å²) in [5.41, 5.74) is 2.71. The SMILES string of the molecule is CN=C(NCCCCOCCc1ccccc1)NCC(C)c1ccsc1.I. The van der Waals surface area contributed by atoms with E-state index in [0.29, 0.717) is 5.92 Å². The van der Waals surface area contributed by atoms with Gasteiger partial charge in [0, 0.05) is 26.7 Å². The molecular weight excluding hydrogens is 469 g/mol. The lowest BCUT2D eigenvalue weighted by atomic mass is 10.1. The third-order valence-corrected chi connectivity index (χ3v) is 5.00. The van der Waals surface area contributed by atoms with Gasteiger partial charge < -0.3 is 15.4 Å². The lowest BCUT2D eigenvalue weighted by Crippen LogP contribution is -2.39. The number of aliphatic imine (C=N–C) groups is 1. The molecule has 0 aliphatic rings. The largest absolute Gasteiger partial charge is 0.381 e. The zero-order valence-electron chi connectivity index (χ0n) is 16.3. The molecule has 1 aromatic heterocycles. The molecule has 6 heteroatoms. The Morgan fingerprint density at radius 1 is 1.11 bits per heavy atom. The van der Waals surface area contributed by atoms with Crippen LogP contribution in [0.2, 0.25) is 0 Å². The summed E-state index contributed by atoms with van der Waals surface area (Å²) in [5.74, 6) is 1.36. The first-order valence-corrected chi connectivity index (χ1v) is 10.3. The molecule has 150 valence electrons. The molecule has 0 aliphatic heterocycles. The van der Waals surface area contributed by atoms with Crippen molar-refractivity contribution >= 4 is 41.3 Å². The Bertz CT molecular complexity index is 620. The zero-order valence-corrected chi connectivity index (χ0v) is 19.5. The number of thiophene rings is 1. The summed E-state index contributed by atoms with van der Waals surface area (Å²) >= 11 is 1.75. The molecule has 4 nitrogen and oxygen atoms in total. The predicted molar refractivity (Wildman–Crippen MR) is 128 cm³/mol. The number of hydrogen-bond donors (Lipinski definition) is 2. The second-order valence-electron chi connectivity index (χ2n) is 6.39. The first-order valence-electron chi connectivity index (χ1n) is 9.38. The van der Waals surface area contributed by atoms with Gasteiger partial charge in [-0.25, -0.2) is 0 Å². The van der Waals surface area contributed by atoms with Crippen LogP contribution in [-0.4, -0.2) is 39.3 Å². The summed E-state index contributed by atoms with van der Waals surface area (Å²) < 4.78 is 5.72. The van der Waals surface area contributed by atoms with Gasteiger partial charge in [-0.1, -0.05) is 37.3 Å². The van der Waals surface area contributed by atoms with E-state index in [1.165, 1.54) is 11.1 Å². The van der Waals surface area contributed by atoms with Gasteiger partial charge in [0.25, 0.3) is 0 Å². The van der Waals surface area contributed by atoms with E-state index in [2.05, 4.69) is 63.6 Å². The maximum atomic E-state index is 5.72. The summed E-state index contributed by atoms with van der Waals surface area (Å²) in [6, 6.07) is 12.7. The Morgan fingerprint density at radius 2 is 1.93 bits per heavy atom. The van der Waals surface area contributed by atoms with E-state index in [0.717, 1.165) is 51.5 Å². The molecule has 0 aliphatic carbocycles. The molecule has 0 saturated carbocycles. The molecule has 27 heavy (non-hydrogen) atoms. The van der Waals surface area contributed by atoms with E-state index in [-0.39, 0.29) is 24.0 Å². The molecule has 0 bridgehead atoms. The van der Waals surface area contributed by atoms with Crippen LogP contribution < -0.4 is 10.6 Å². The summed E-state index contributed by atoms with van der Waals surface area (Å²) in [6.07, 6.45) is 3.12. The zero-order chi connectivity index (χ0) is 18.5. The van der Waals surface area contributed by atoms with E-state index >= 15 is 0 Å². The highest BCUT2D eigenvalue weighted by Gasteiger charge is 2.06. The number of benzene rings is 1. The Morgan fingerprint density at radius 3 is 2.63 bits per heavy atom. The highest BCUT2D eigenvalue weighted by Crippen LogP contribution is 2.16. The van der Waals surface area contributed by atoms with Gasteiger partial charge in [-0.15, -0.1) is 24.0 Å². The van der Waals surface area contributed by atoms with Gasteiger partial charge in [-0.2, -0.15) is 11.3 Å². The number of rotatable bonds is 11. The first kappa shape index (κ1) is 23.9. The summed E-state index contributed by atoms with van der Waals surface area (Å²) in [4.78, 5) is 4.29. The molecule has 0 saturated heterocycles. The quantitative estimate of drug-likeness (QED) is 0.204. The summed E-state index contributed by atoms with van der Waals surface area (Å²) in [6.45, 7) is 5.64. The minimum Gasteiger partial charge on any atom is -0.381 e. The Labute approximate surface area is 184 Å². The molecule has 1 atom stereocenters. The molecule has 1 unspecified atom stereocenters. The van der Waals surface area contributed by atoms with Crippen LogP contribution in [0.5, 0.6) is 0 Å². The fraction of sp³-hybridized carbons (Fsp3) is 0.476. The minimum absolute atomic E-state index is 0. The van der Waals surface area contributed by atoms with Gasteiger partial charge in [0.1, 0.15) is 0 Å². The Hall–Kier alpha value is -1.12. The second kappa shape index (κ2) is 14.9. The molecule has 2 aromatic rings. The fourth-order valence-electron chi connectivity index (χ4n) is 2.62. The number of guanidine groups is 1. The normalized spacial score (nSPS) is 12.3. The number of ether oxygens (including phenoxy) is 1. The van der Waals surface area contributed by atoms with Crippen molar-refractivity contribution in [1.29, 1.82) is 0 Å². The Kier molecular flexibility index (Phi) is 13.2. The topological polar surface area (TPSA) is 45.7 Å². The van der Waals surface area contributed by atoms with E-state index in [1.54, 1.807) is 11.3 Å². The number of nitrogens with zero attached hydrogens (tertiary/aromatic N) is 1. The highest BCUT2D eigenvalue weighted by atomic mass is 127. The van der Waals surface area contributed by atoms with Crippen molar-refractivity contribution in [2.45, 2.75) is 32.1 Å². The summed E-state index contributed by atoms with van der Waals surface area (Å²) in [5, 5.41) is 11.1. The lowest BCUT2D eigenvalue weighted by molar-refractivity contribution is 0.133. The van der Waals surface area contributed by atoms with Crippen LogP contribution in [-0.2, 0) is 11.2 Å². The third-order valence-electron chi connectivity index (χ3n) is 4.30.